The van der Waals surface area contributed by atoms with Gasteiger partial charge in [0, 0.05) is 19.3 Å². The number of nitrogens with one attached hydrogen (secondary N) is 1. The topological polar surface area (TPSA) is 70.5 Å². The lowest BCUT2D eigenvalue weighted by Gasteiger charge is -2.18. The van der Waals surface area contributed by atoms with Gasteiger partial charge in [0.2, 0.25) is 10.0 Å². The number of aromatic nitrogens is 3. The minimum Gasteiger partial charge on any atom is -0.274 e. The van der Waals surface area contributed by atoms with E-state index in [9.17, 15) is 8.42 Å². The van der Waals surface area contributed by atoms with E-state index >= 15 is 0 Å². The van der Waals surface area contributed by atoms with Crippen molar-refractivity contribution in [1.82, 2.24) is 18.9 Å². The highest BCUT2D eigenvalue weighted by molar-refractivity contribution is 7.89. The quantitative estimate of drug-likeness (QED) is 0.863. The molecule has 0 saturated heterocycles. The summed E-state index contributed by atoms with van der Waals surface area (Å²) in [4.78, 5) is 0.219. The summed E-state index contributed by atoms with van der Waals surface area (Å²) in [6, 6.07) is 3.17. The Kier molecular flexibility index (Phi) is 3.51. The molecule has 0 aliphatic heterocycles. The van der Waals surface area contributed by atoms with Crippen LogP contribution in [0.3, 0.4) is 0 Å². The second-order valence-electron chi connectivity index (χ2n) is 3.71. The van der Waals surface area contributed by atoms with Gasteiger partial charge in [0.1, 0.15) is 0 Å². The Morgan fingerprint density at radius 2 is 2.06 bits per heavy atom. The summed E-state index contributed by atoms with van der Waals surface area (Å²) in [6.45, 7) is 4.49. The number of nitrogens with zero attached hydrogens (tertiary/aromatic N) is 3. The third kappa shape index (κ3) is 2.06. The molecule has 98 valence electrons. The first-order valence-electron chi connectivity index (χ1n) is 5.57. The first-order valence-corrected chi connectivity index (χ1v) is 7.42. The van der Waals surface area contributed by atoms with Gasteiger partial charge in [-0.25, -0.2) is 8.42 Å². The number of rotatable bonds is 4. The van der Waals surface area contributed by atoms with Gasteiger partial charge in [-0.15, -0.1) is 0 Å². The van der Waals surface area contributed by atoms with Crippen molar-refractivity contribution >= 4 is 27.9 Å². The van der Waals surface area contributed by atoms with Crippen LogP contribution in [-0.4, -0.2) is 40.4 Å². The van der Waals surface area contributed by atoms with Crippen molar-refractivity contribution in [2.75, 3.05) is 13.1 Å². The van der Waals surface area contributed by atoms with Crippen LogP contribution in [0.25, 0.3) is 5.65 Å². The summed E-state index contributed by atoms with van der Waals surface area (Å²) >= 11 is 5.03. The Morgan fingerprint density at radius 1 is 1.39 bits per heavy atom. The van der Waals surface area contributed by atoms with E-state index in [1.165, 1.54) is 10.5 Å². The van der Waals surface area contributed by atoms with Gasteiger partial charge in [0.15, 0.2) is 10.4 Å². The molecule has 0 amide bonds. The fraction of sp³-hybridized carbons (Fsp3) is 0.400. The highest BCUT2D eigenvalue weighted by atomic mass is 32.2. The zero-order valence-corrected chi connectivity index (χ0v) is 11.8. The van der Waals surface area contributed by atoms with Crippen molar-refractivity contribution in [3.63, 3.8) is 0 Å². The summed E-state index contributed by atoms with van der Waals surface area (Å²) in [5.41, 5.74) is 0.596. The van der Waals surface area contributed by atoms with E-state index < -0.39 is 10.0 Å². The highest BCUT2D eigenvalue weighted by Gasteiger charge is 2.22. The third-order valence-corrected chi connectivity index (χ3v) is 5.05. The van der Waals surface area contributed by atoms with Crippen LogP contribution in [0, 0.1) is 4.77 Å². The van der Waals surface area contributed by atoms with Crippen molar-refractivity contribution in [2.24, 2.45) is 0 Å². The van der Waals surface area contributed by atoms with Crippen LogP contribution in [0.2, 0.25) is 0 Å². The molecule has 0 aliphatic rings. The number of aromatic amines is 1. The Balaban J connectivity index is 2.60. The van der Waals surface area contributed by atoms with Crippen LogP contribution < -0.4 is 0 Å². The maximum Gasteiger partial charge on any atom is 0.244 e. The first-order chi connectivity index (χ1) is 8.50. The predicted molar refractivity (Wildman–Crippen MR) is 70.5 cm³/mol. The lowest BCUT2D eigenvalue weighted by Crippen LogP contribution is -2.30. The molecule has 2 heterocycles. The molecule has 0 saturated carbocycles. The maximum atomic E-state index is 12.3. The van der Waals surface area contributed by atoms with Crippen LogP contribution in [-0.2, 0) is 10.0 Å². The summed E-state index contributed by atoms with van der Waals surface area (Å²) < 4.78 is 28.0. The fourth-order valence-corrected chi connectivity index (χ4v) is 3.40. The smallest absolute Gasteiger partial charge is 0.244 e. The van der Waals surface area contributed by atoms with Gasteiger partial charge in [-0.2, -0.15) is 9.40 Å². The van der Waals surface area contributed by atoms with E-state index in [0.717, 1.165) is 0 Å². The average Bonchev–Trinajstić information content (AvgIpc) is 2.72. The van der Waals surface area contributed by atoms with Crippen molar-refractivity contribution in [1.29, 1.82) is 0 Å². The molecule has 0 bridgehead atoms. The minimum absolute atomic E-state index is 0.219. The minimum atomic E-state index is -3.46. The highest BCUT2D eigenvalue weighted by Crippen LogP contribution is 2.16. The van der Waals surface area contributed by atoms with Crippen molar-refractivity contribution in [3.8, 4) is 0 Å². The molecule has 0 aromatic carbocycles. The molecule has 6 nitrogen and oxygen atoms in total. The second-order valence-corrected chi connectivity index (χ2v) is 6.04. The lowest BCUT2D eigenvalue weighted by atomic mass is 10.5. The van der Waals surface area contributed by atoms with E-state index in [4.69, 9.17) is 12.2 Å². The van der Waals surface area contributed by atoms with Gasteiger partial charge in [0.05, 0.1) is 4.90 Å². The van der Waals surface area contributed by atoms with Gasteiger partial charge in [-0.05, 0) is 24.4 Å². The first kappa shape index (κ1) is 13.2. The normalized spacial score (nSPS) is 12.4. The summed E-state index contributed by atoms with van der Waals surface area (Å²) in [6.07, 6.45) is 1.49. The fourth-order valence-electron chi connectivity index (χ4n) is 1.75. The van der Waals surface area contributed by atoms with Crippen LogP contribution in [0.5, 0.6) is 0 Å². The van der Waals surface area contributed by atoms with E-state index in [-0.39, 0.29) is 4.90 Å². The molecule has 8 heteroatoms. The maximum absolute atomic E-state index is 12.3. The number of hydrogen-bond donors (Lipinski definition) is 1. The lowest BCUT2D eigenvalue weighted by molar-refractivity contribution is 0.445. The molecule has 2 aromatic rings. The van der Waals surface area contributed by atoms with Crippen LogP contribution >= 0.6 is 12.2 Å². The monoisotopic (exact) mass is 286 g/mol. The molecule has 0 unspecified atom stereocenters. The number of pyridine rings is 1. The average molecular weight is 286 g/mol. The van der Waals surface area contributed by atoms with E-state index in [2.05, 4.69) is 10.2 Å². The molecule has 0 fully saturated rings. The largest absolute Gasteiger partial charge is 0.274 e. The molecule has 0 atom stereocenters. The Labute approximate surface area is 110 Å². The predicted octanol–water partition coefficient (Wildman–Crippen LogP) is 1.42. The SMILES string of the molecule is CCN(CC)S(=O)(=O)c1ccc2n[nH]c(=S)n2c1. The van der Waals surface area contributed by atoms with Crippen molar-refractivity contribution in [2.45, 2.75) is 18.7 Å². The number of H-pyrrole nitrogens is 1. The number of fused-ring (bicyclic) bond motifs is 1. The summed E-state index contributed by atoms with van der Waals surface area (Å²) in [7, 11) is -3.46. The molecule has 0 spiro atoms. The van der Waals surface area contributed by atoms with E-state index in [0.29, 0.717) is 23.5 Å². The third-order valence-electron chi connectivity index (χ3n) is 2.73. The molecule has 1 N–H and O–H groups in total. The van der Waals surface area contributed by atoms with Crippen LogP contribution in [0.1, 0.15) is 13.8 Å². The van der Waals surface area contributed by atoms with E-state index in [1.807, 2.05) is 13.8 Å². The summed E-state index contributed by atoms with van der Waals surface area (Å²) in [5.74, 6) is 0. The second kappa shape index (κ2) is 4.79. The van der Waals surface area contributed by atoms with Crippen LogP contribution in [0.4, 0.5) is 0 Å². The molecule has 2 rings (SSSR count). The molecule has 0 radical (unpaired) electrons. The standard InChI is InChI=1S/C10H14N4O2S2/c1-3-13(4-2)18(15,16)8-5-6-9-11-12-10(17)14(9)7-8/h5-7H,3-4H2,1-2H3,(H,12,17). The molecular weight excluding hydrogens is 272 g/mol. The molecule has 0 aliphatic carbocycles. The van der Waals surface area contributed by atoms with Gasteiger partial charge in [0.25, 0.3) is 0 Å². The zero-order valence-electron chi connectivity index (χ0n) is 10.1. The van der Waals surface area contributed by atoms with Crippen LogP contribution in [0.15, 0.2) is 23.2 Å². The number of sulfonamides is 1. The Hall–Kier alpha value is -1.25. The van der Waals surface area contributed by atoms with Gasteiger partial charge >= 0.3 is 0 Å². The van der Waals surface area contributed by atoms with Gasteiger partial charge in [-0.1, -0.05) is 13.8 Å². The Bertz CT molecular complexity index is 713. The van der Waals surface area contributed by atoms with E-state index in [1.54, 1.807) is 16.5 Å². The van der Waals surface area contributed by atoms with Gasteiger partial charge < -0.3 is 0 Å². The van der Waals surface area contributed by atoms with Gasteiger partial charge in [-0.3, -0.25) is 9.50 Å². The molecule has 2 aromatic heterocycles. The zero-order chi connectivity index (χ0) is 13.3. The summed E-state index contributed by atoms with van der Waals surface area (Å²) in [5, 5.41) is 6.58. The molecule has 18 heavy (non-hydrogen) atoms. The van der Waals surface area contributed by atoms with Crippen molar-refractivity contribution in [3.05, 3.63) is 23.1 Å². The number of hydrogen-bond acceptors (Lipinski definition) is 4. The molecular formula is C10H14N4O2S2. The Morgan fingerprint density at radius 3 is 2.67 bits per heavy atom. The van der Waals surface area contributed by atoms with Crippen molar-refractivity contribution < 1.29 is 8.42 Å².